The number of ketones is 1. The van der Waals surface area contributed by atoms with Crippen molar-refractivity contribution in [3.8, 4) is 5.75 Å². The van der Waals surface area contributed by atoms with E-state index in [-0.39, 0.29) is 23.5 Å². The van der Waals surface area contributed by atoms with E-state index in [4.69, 9.17) is 4.74 Å². The smallest absolute Gasteiger partial charge is 0.466 e. The van der Waals surface area contributed by atoms with Crippen LogP contribution < -0.4 is 4.74 Å². The number of aliphatic hydroxyl groups is 1. The summed E-state index contributed by atoms with van der Waals surface area (Å²) < 4.78 is 45.9. The van der Waals surface area contributed by atoms with E-state index in [0.29, 0.717) is 29.6 Å². The Morgan fingerprint density at radius 3 is 2.41 bits per heavy atom. The van der Waals surface area contributed by atoms with Gasteiger partial charge in [-0.05, 0) is 67.2 Å². The molecule has 0 aromatic heterocycles. The third kappa shape index (κ3) is 4.75. The molecule has 5 atom stereocenters. The monoisotopic (exact) mass is 452 g/mol. The molecule has 1 fully saturated rings. The molecule has 3 rings (SSSR count). The van der Waals surface area contributed by atoms with Gasteiger partial charge in [0.1, 0.15) is 5.75 Å². The number of fused-ring (bicyclic) bond motifs is 1. The molecule has 0 aliphatic heterocycles. The lowest BCUT2D eigenvalue weighted by molar-refractivity contribution is -0.274. The van der Waals surface area contributed by atoms with Gasteiger partial charge in [0.2, 0.25) is 0 Å². The van der Waals surface area contributed by atoms with Crippen molar-refractivity contribution in [3.63, 3.8) is 0 Å². The standard InChI is InChI=1S/C24H27F3O5/c1-12-5-6-16(13(2)23(30)31-4)11-18-14(3)21(28)20(19(12)18)22(29)15-7-9-17(10-8-15)32-24(25,26)27/h7-10,12,16,19-20,22,29H,2,5-6,11H2,1,3-4H3/t12-,16+,19-,20+,22-/m0/s1. The maximum Gasteiger partial charge on any atom is 0.573 e. The first-order chi connectivity index (χ1) is 14.9. The minimum Gasteiger partial charge on any atom is -0.466 e. The summed E-state index contributed by atoms with van der Waals surface area (Å²) in [6, 6.07) is 4.93. The van der Waals surface area contributed by atoms with Gasteiger partial charge in [0.25, 0.3) is 0 Å². The highest BCUT2D eigenvalue weighted by Gasteiger charge is 2.48. The second-order valence-electron chi connectivity index (χ2n) is 8.60. The number of hydrogen-bond acceptors (Lipinski definition) is 5. The summed E-state index contributed by atoms with van der Waals surface area (Å²) in [5.74, 6) is -2.09. The molecular weight excluding hydrogens is 425 g/mol. The van der Waals surface area contributed by atoms with Crippen LogP contribution in [0.5, 0.6) is 5.75 Å². The number of carbonyl (C=O) groups is 2. The average Bonchev–Trinajstić information content (AvgIpc) is 2.87. The number of halogens is 3. The van der Waals surface area contributed by atoms with Crippen molar-refractivity contribution < 1.29 is 37.3 Å². The van der Waals surface area contributed by atoms with Gasteiger partial charge in [-0.2, -0.15) is 0 Å². The zero-order valence-electron chi connectivity index (χ0n) is 18.2. The number of benzene rings is 1. The maximum atomic E-state index is 13.2. The minimum absolute atomic E-state index is 0.0642. The van der Waals surface area contributed by atoms with Gasteiger partial charge in [-0.1, -0.05) is 31.2 Å². The molecule has 0 amide bonds. The van der Waals surface area contributed by atoms with E-state index in [9.17, 15) is 27.9 Å². The second kappa shape index (κ2) is 9.10. The van der Waals surface area contributed by atoms with Gasteiger partial charge in [-0.3, -0.25) is 4.79 Å². The SMILES string of the molecule is C=C(C(=O)OC)[C@@H]1CC[C@H](C)[C@H]2C(=C(C)C(=O)[C@@H]2[C@@H](O)c2ccc(OC(F)(F)F)cc2)C1. The fraction of sp³-hybridized carbons (Fsp3) is 0.500. The lowest BCUT2D eigenvalue weighted by Gasteiger charge is -2.29. The van der Waals surface area contributed by atoms with E-state index in [1.54, 1.807) is 6.92 Å². The number of methoxy groups -OCH3 is 1. The van der Waals surface area contributed by atoms with Crippen LogP contribution in [0.25, 0.3) is 0 Å². The first kappa shape index (κ1) is 24.0. The molecule has 0 spiro atoms. The molecule has 2 aliphatic rings. The van der Waals surface area contributed by atoms with Crippen molar-refractivity contribution in [3.05, 3.63) is 53.1 Å². The molecule has 1 aromatic rings. The van der Waals surface area contributed by atoms with Crippen molar-refractivity contribution in [1.82, 2.24) is 0 Å². The Morgan fingerprint density at radius 1 is 1.22 bits per heavy atom. The molecular formula is C24H27F3O5. The minimum atomic E-state index is -4.81. The van der Waals surface area contributed by atoms with Crippen molar-refractivity contribution in [2.24, 2.45) is 23.7 Å². The number of Topliss-reactive ketones (excluding diaryl/α,β-unsaturated/α-hetero) is 1. The van der Waals surface area contributed by atoms with E-state index >= 15 is 0 Å². The van der Waals surface area contributed by atoms with Crippen LogP contribution in [0, 0.1) is 23.7 Å². The predicted molar refractivity (Wildman–Crippen MR) is 110 cm³/mol. The number of alkyl halides is 3. The Labute approximate surface area is 184 Å². The number of allylic oxidation sites excluding steroid dienone is 2. The largest absolute Gasteiger partial charge is 0.573 e. The van der Waals surface area contributed by atoms with Gasteiger partial charge in [0.15, 0.2) is 5.78 Å². The molecule has 0 heterocycles. The summed E-state index contributed by atoms with van der Waals surface area (Å²) in [6.07, 6.45) is -4.05. The summed E-state index contributed by atoms with van der Waals surface area (Å²) >= 11 is 0. The molecule has 174 valence electrons. The van der Waals surface area contributed by atoms with Crippen molar-refractivity contribution >= 4 is 11.8 Å². The fourth-order valence-corrected chi connectivity index (χ4v) is 5.04. The first-order valence-corrected chi connectivity index (χ1v) is 10.5. The van der Waals surface area contributed by atoms with Crippen molar-refractivity contribution in [2.75, 3.05) is 7.11 Å². The Hall–Kier alpha value is -2.61. The van der Waals surface area contributed by atoms with E-state index in [2.05, 4.69) is 11.3 Å². The highest BCUT2D eigenvalue weighted by Crippen LogP contribution is 2.51. The Morgan fingerprint density at radius 2 is 1.84 bits per heavy atom. The summed E-state index contributed by atoms with van der Waals surface area (Å²) in [7, 11) is 1.30. The van der Waals surface area contributed by atoms with E-state index in [0.717, 1.165) is 24.1 Å². The lowest BCUT2D eigenvalue weighted by Crippen LogP contribution is -2.29. The quantitative estimate of drug-likeness (QED) is 0.507. The molecule has 1 N–H and O–H groups in total. The van der Waals surface area contributed by atoms with Gasteiger partial charge >= 0.3 is 12.3 Å². The van der Waals surface area contributed by atoms with Gasteiger partial charge in [0, 0.05) is 5.57 Å². The number of carbonyl (C=O) groups excluding carboxylic acids is 2. The predicted octanol–water partition coefficient (Wildman–Crippen LogP) is 4.92. The molecule has 0 saturated heterocycles. The molecule has 5 nitrogen and oxygen atoms in total. The molecule has 32 heavy (non-hydrogen) atoms. The topological polar surface area (TPSA) is 72.8 Å². The Balaban J connectivity index is 1.86. The van der Waals surface area contributed by atoms with Crippen LogP contribution in [-0.2, 0) is 14.3 Å². The number of esters is 1. The molecule has 0 bridgehead atoms. The highest BCUT2D eigenvalue weighted by atomic mass is 19.4. The zero-order valence-corrected chi connectivity index (χ0v) is 18.2. The number of aliphatic hydroxyl groups excluding tert-OH is 1. The number of rotatable bonds is 5. The van der Waals surface area contributed by atoms with E-state index in [1.165, 1.54) is 19.2 Å². The Kier molecular flexibility index (Phi) is 6.83. The molecule has 8 heteroatoms. The van der Waals surface area contributed by atoms with Gasteiger partial charge in [0.05, 0.1) is 19.1 Å². The van der Waals surface area contributed by atoms with Crippen LogP contribution in [0.15, 0.2) is 47.6 Å². The zero-order chi connectivity index (χ0) is 23.8. The van der Waals surface area contributed by atoms with Crippen LogP contribution in [0.4, 0.5) is 13.2 Å². The van der Waals surface area contributed by atoms with Crippen LogP contribution in [0.3, 0.4) is 0 Å². The molecule has 2 aliphatic carbocycles. The summed E-state index contributed by atoms with van der Waals surface area (Å²) in [6.45, 7) is 7.63. The number of ether oxygens (including phenoxy) is 2. The van der Waals surface area contributed by atoms with Gasteiger partial charge in [-0.15, -0.1) is 13.2 Å². The maximum absolute atomic E-state index is 13.2. The molecule has 1 saturated carbocycles. The second-order valence-corrected chi connectivity index (χ2v) is 8.60. The average molecular weight is 452 g/mol. The first-order valence-electron chi connectivity index (χ1n) is 10.5. The third-order valence-corrected chi connectivity index (χ3v) is 6.73. The van der Waals surface area contributed by atoms with Gasteiger partial charge in [-0.25, -0.2) is 4.79 Å². The number of hydrogen-bond donors (Lipinski definition) is 1. The van der Waals surface area contributed by atoms with Crippen LogP contribution >= 0.6 is 0 Å². The fourth-order valence-electron chi connectivity index (χ4n) is 5.04. The van der Waals surface area contributed by atoms with Gasteiger partial charge < -0.3 is 14.6 Å². The molecule has 1 aromatic carbocycles. The van der Waals surface area contributed by atoms with E-state index < -0.39 is 30.1 Å². The summed E-state index contributed by atoms with van der Waals surface area (Å²) in [5, 5.41) is 11.1. The Bertz CT molecular complexity index is 932. The third-order valence-electron chi connectivity index (χ3n) is 6.73. The van der Waals surface area contributed by atoms with Crippen LogP contribution in [0.1, 0.15) is 44.8 Å². The summed E-state index contributed by atoms with van der Waals surface area (Å²) in [5.41, 5.74) is 2.21. The van der Waals surface area contributed by atoms with Crippen LogP contribution in [-0.4, -0.2) is 30.3 Å². The molecule has 0 unspecified atom stereocenters. The molecule has 0 radical (unpaired) electrons. The normalized spacial score (nSPS) is 26.9. The van der Waals surface area contributed by atoms with Crippen molar-refractivity contribution in [2.45, 2.75) is 45.6 Å². The lowest BCUT2D eigenvalue weighted by atomic mass is 9.76. The van der Waals surface area contributed by atoms with Crippen molar-refractivity contribution in [1.29, 1.82) is 0 Å². The van der Waals surface area contributed by atoms with E-state index in [1.807, 2.05) is 6.92 Å². The highest BCUT2D eigenvalue weighted by molar-refractivity contribution is 6.01. The van der Waals surface area contributed by atoms with Crippen LogP contribution in [0.2, 0.25) is 0 Å². The summed E-state index contributed by atoms with van der Waals surface area (Å²) in [4.78, 5) is 25.1.